The SMILES string of the molecule is CCC(C)CC(CC)(CN)Nc1ccccc1. The molecule has 3 N–H and O–H groups in total. The zero-order valence-corrected chi connectivity index (χ0v) is 11.4. The maximum Gasteiger partial charge on any atom is 0.0495 e. The molecule has 17 heavy (non-hydrogen) atoms. The molecule has 0 saturated carbocycles. The van der Waals surface area contributed by atoms with Crippen molar-refractivity contribution < 1.29 is 0 Å². The lowest BCUT2D eigenvalue weighted by atomic mass is 9.84. The summed E-state index contributed by atoms with van der Waals surface area (Å²) in [5, 5.41) is 3.63. The standard InChI is InChI=1S/C15H26N2/c1-4-13(3)11-15(5-2,12-16)17-14-9-7-6-8-10-14/h6-10,13,17H,4-5,11-12,16H2,1-3H3. The Bertz CT molecular complexity index is 304. The molecule has 2 nitrogen and oxygen atoms in total. The average molecular weight is 234 g/mol. The molecule has 0 amide bonds. The first-order chi connectivity index (χ1) is 8.15. The van der Waals surface area contributed by atoms with Crippen molar-refractivity contribution in [2.45, 2.75) is 45.6 Å². The number of hydrogen-bond acceptors (Lipinski definition) is 2. The number of anilines is 1. The van der Waals surface area contributed by atoms with Crippen LogP contribution in [0.3, 0.4) is 0 Å². The first kappa shape index (κ1) is 14.0. The Morgan fingerprint density at radius 1 is 1.24 bits per heavy atom. The van der Waals surface area contributed by atoms with Crippen molar-refractivity contribution in [2.75, 3.05) is 11.9 Å². The van der Waals surface area contributed by atoms with Gasteiger partial charge in [-0.25, -0.2) is 0 Å². The van der Waals surface area contributed by atoms with Crippen molar-refractivity contribution in [3.63, 3.8) is 0 Å². The number of nitrogens with two attached hydrogens (primary N) is 1. The smallest absolute Gasteiger partial charge is 0.0495 e. The van der Waals surface area contributed by atoms with Gasteiger partial charge in [0.25, 0.3) is 0 Å². The molecular weight excluding hydrogens is 208 g/mol. The third-order valence-electron chi connectivity index (χ3n) is 3.69. The second-order valence-electron chi connectivity index (χ2n) is 5.05. The number of para-hydroxylation sites is 1. The van der Waals surface area contributed by atoms with Crippen molar-refractivity contribution in [2.24, 2.45) is 11.7 Å². The Kier molecular flexibility index (Phi) is 5.49. The third-order valence-corrected chi connectivity index (χ3v) is 3.69. The molecule has 1 aromatic rings. The lowest BCUT2D eigenvalue weighted by Crippen LogP contribution is -2.46. The molecule has 0 fully saturated rings. The maximum absolute atomic E-state index is 6.01. The molecule has 0 spiro atoms. The molecular formula is C15H26N2. The van der Waals surface area contributed by atoms with E-state index in [9.17, 15) is 0 Å². The van der Waals surface area contributed by atoms with Crippen molar-refractivity contribution >= 4 is 5.69 Å². The largest absolute Gasteiger partial charge is 0.378 e. The van der Waals surface area contributed by atoms with Crippen LogP contribution in [0.1, 0.15) is 40.0 Å². The number of hydrogen-bond donors (Lipinski definition) is 2. The molecule has 0 saturated heterocycles. The van der Waals surface area contributed by atoms with Crippen LogP contribution in [0.2, 0.25) is 0 Å². The zero-order chi connectivity index (χ0) is 12.7. The van der Waals surface area contributed by atoms with E-state index in [-0.39, 0.29) is 5.54 Å². The van der Waals surface area contributed by atoms with Crippen molar-refractivity contribution in [3.8, 4) is 0 Å². The van der Waals surface area contributed by atoms with Gasteiger partial charge < -0.3 is 11.1 Å². The molecule has 0 aliphatic rings. The highest BCUT2D eigenvalue weighted by Crippen LogP contribution is 2.26. The van der Waals surface area contributed by atoms with Crippen molar-refractivity contribution in [1.29, 1.82) is 0 Å². The molecule has 2 heteroatoms. The number of rotatable bonds is 7. The van der Waals surface area contributed by atoms with Crippen LogP contribution in [0.5, 0.6) is 0 Å². The predicted octanol–water partition coefficient (Wildman–Crippen LogP) is 3.64. The minimum atomic E-state index is 0.0385. The Labute approximate surface area is 106 Å². The van der Waals surface area contributed by atoms with Gasteiger partial charge in [-0.15, -0.1) is 0 Å². The molecule has 1 aromatic carbocycles. The predicted molar refractivity (Wildman–Crippen MR) is 76.2 cm³/mol. The van der Waals surface area contributed by atoms with Gasteiger partial charge in [-0.1, -0.05) is 45.4 Å². The Morgan fingerprint density at radius 2 is 1.88 bits per heavy atom. The molecule has 2 atom stereocenters. The average Bonchev–Trinajstić information content (AvgIpc) is 2.39. The number of benzene rings is 1. The van der Waals surface area contributed by atoms with Crippen LogP contribution >= 0.6 is 0 Å². The van der Waals surface area contributed by atoms with Gasteiger partial charge in [0.05, 0.1) is 0 Å². The first-order valence-corrected chi connectivity index (χ1v) is 6.69. The van der Waals surface area contributed by atoms with Gasteiger partial charge in [0.15, 0.2) is 0 Å². The van der Waals surface area contributed by atoms with E-state index >= 15 is 0 Å². The Morgan fingerprint density at radius 3 is 2.35 bits per heavy atom. The van der Waals surface area contributed by atoms with E-state index in [0.29, 0.717) is 12.5 Å². The Balaban J connectivity index is 2.77. The quantitative estimate of drug-likeness (QED) is 0.756. The monoisotopic (exact) mass is 234 g/mol. The third kappa shape index (κ3) is 4.04. The maximum atomic E-state index is 6.01. The lowest BCUT2D eigenvalue weighted by molar-refractivity contribution is 0.346. The molecule has 0 aliphatic heterocycles. The fourth-order valence-electron chi connectivity index (χ4n) is 2.20. The van der Waals surface area contributed by atoms with E-state index in [1.165, 1.54) is 12.1 Å². The molecule has 0 aliphatic carbocycles. The summed E-state index contributed by atoms with van der Waals surface area (Å²) in [5.74, 6) is 0.703. The molecule has 1 rings (SSSR count). The van der Waals surface area contributed by atoms with E-state index in [1.807, 2.05) is 6.07 Å². The van der Waals surface area contributed by atoms with Crippen LogP contribution in [0, 0.1) is 5.92 Å². The van der Waals surface area contributed by atoms with Gasteiger partial charge in [-0.2, -0.15) is 0 Å². The van der Waals surface area contributed by atoms with Crippen molar-refractivity contribution in [1.82, 2.24) is 0 Å². The van der Waals surface area contributed by atoms with Crippen molar-refractivity contribution in [3.05, 3.63) is 30.3 Å². The molecule has 0 aromatic heterocycles. The Hall–Kier alpha value is -1.02. The second-order valence-corrected chi connectivity index (χ2v) is 5.05. The summed E-state index contributed by atoms with van der Waals surface area (Å²) in [5.41, 5.74) is 7.21. The van der Waals surface area contributed by atoms with Crippen LogP contribution in [0.4, 0.5) is 5.69 Å². The van der Waals surface area contributed by atoms with Crippen LogP contribution in [0.25, 0.3) is 0 Å². The van der Waals surface area contributed by atoms with E-state index in [1.54, 1.807) is 0 Å². The molecule has 0 radical (unpaired) electrons. The summed E-state index contributed by atoms with van der Waals surface area (Å²) < 4.78 is 0. The molecule has 0 bridgehead atoms. The fraction of sp³-hybridized carbons (Fsp3) is 0.600. The molecule has 2 unspecified atom stereocenters. The van der Waals surface area contributed by atoms with Crippen LogP contribution in [0.15, 0.2) is 30.3 Å². The van der Waals surface area contributed by atoms with Gasteiger partial charge >= 0.3 is 0 Å². The van der Waals surface area contributed by atoms with E-state index in [2.05, 4.69) is 50.4 Å². The van der Waals surface area contributed by atoms with E-state index < -0.39 is 0 Å². The summed E-state index contributed by atoms with van der Waals surface area (Å²) in [6, 6.07) is 10.4. The topological polar surface area (TPSA) is 38.0 Å². The van der Waals surface area contributed by atoms with Crippen LogP contribution in [-0.2, 0) is 0 Å². The minimum Gasteiger partial charge on any atom is -0.378 e. The zero-order valence-electron chi connectivity index (χ0n) is 11.4. The summed E-state index contributed by atoms with van der Waals surface area (Å²) in [6.45, 7) is 7.44. The molecule has 96 valence electrons. The van der Waals surface area contributed by atoms with E-state index in [4.69, 9.17) is 5.73 Å². The highest BCUT2D eigenvalue weighted by Gasteiger charge is 2.27. The van der Waals surface area contributed by atoms with Gasteiger partial charge in [0.1, 0.15) is 0 Å². The summed E-state index contributed by atoms with van der Waals surface area (Å²) in [4.78, 5) is 0. The summed E-state index contributed by atoms with van der Waals surface area (Å²) >= 11 is 0. The molecule has 0 heterocycles. The normalized spacial score (nSPS) is 16.2. The first-order valence-electron chi connectivity index (χ1n) is 6.69. The minimum absolute atomic E-state index is 0.0385. The summed E-state index contributed by atoms with van der Waals surface area (Å²) in [6.07, 6.45) is 3.40. The van der Waals surface area contributed by atoms with Crippen LogP contribution < -0.4 is 11.1 Å². The lowest BCUT2D eigenvalue weighted by Gasteiger charge is -2.36. The highest BCUT2D eigenvalue weighted by molar-refractivity contribution is 5.45. The van der Waals surface area contributed by atoms with Gasteiger partial charge in [-0.3, -0.25) is 0 Å². The van der Waals surface area contributed by atoms with Gasteiger partial charge in [-0.05, 0) is 30.9 Å². The highest BCUT2D eigenvalue weighted by atomic mass is 15.0. The van der Waals surface area contributed by atoms with E-state index in [0.717, 1.165) is 12.8 Å². The number of nitrogens with one attached hydrogen (secondary N) is 1. The fourth-order valence-corrected chi connectivity index (χ4v) is 2.20. The van der Waals surface area contributed by atoms with Gasteiger partial charge in [0.2, 0.25) is 0 Å². The summed E-state index contributed by atoms with van der Waals surface area (Å²) in [7, 11) is 0. The van der Waals surface area contributed by atoms with Crippen LogP contribution in [-0.4, -0.2) is 12.1 Å². The second kappa shape index (κ2) is 6.65. The van der Waals surface area contributed by atoms with Gasteiger partial charge in [0, 0.05) is 17.8 Å².